The van der Waals surface area contributed by atoms with Gasteiger partial charge in [0.15, 0.2) is 0 Å². The van der Waals surface area contributed by atoms with Gasteiger partial charge in [0.2, 0.25) is 11.7 Å². The number of hydrogen-bond donors (Lipinski definition) is 1. The van der Waals surface area contributed by atoms with E-state index >= 15 is 0 Å². The summed E-state index contributed by atoms with van der Waals surface area (Å²) in [6, 6.07) is 3.86. The molecule has 0 bridgehead atoms. The Morgan fingerprint density at radius 2 is 2.00 bits per heavy atom. The highest BCUT2D eigenvalue weighted by atomic mass is 35.5. The lowest BCUT2D eigenvalue weighted by atomic mass is 10.0. The van der Waals surface area contributed by atoms with E-state index in [0.717, 1.165) is 12.3 Å². The van der Waals surface area contributed by atoms with Gasteiger partial charge in [0.25, 0.3) is 0 Å². The number of nitrogens with zero attached hydrogens (tertiary/aromatic N) is 4. The monoisotopic (exact) mass is 397 g/mol. The predicted octanol–water partition coefficient (Wildman–Crippen LogP) is 5.01. The van der Waals surface area contributed by atoms with Crippen LogP contribution in [-0.2, 0) is 6.18 Å². The van der Waals surface area contributed by atoms with Gasteiger partial charge in [-0.1, -0.05) is 30.6 Å². The number of anilines is 1. The molecule has 0 amide bonds. The molecule has 142 valence electrons. The Labute approximate surface area is 157 Å². The van der Waals surface area contributed by atoms with Crippen LogP contribution in [-0.4, -0.2) is 20.1 Å². The minimum absolute atomic E-state index is 0.0349. The van der Waals surface area contributed by atoms with Crippen LogP contribution < -0.4 is 5.32 Å². The first-order valence-corrected chi connectivity index (χ1v) is 8.37. The van der Waals surface area contributed by atoms with Crippen LogP contribution in [0.15, 0.2) is 41.3 Å². The fraction of sp³-hybridized carbons (Fsp3) is 0.294. The molecule has 0 saturated heterocycles. The summed E-state index contributed by atoms with van der Waals surface area (Å²) in [5, 5.41) is 6.77. The molecule has 0 radical (unpaired) electrons. The molecule has 0 fully saturated rings. The number of aromatic nitrogens is 4. The minimum atomic E-state index is -4.52. The summed E-state index contributed by atoms with van der Waals surface area (Å²) in [7, 11) is 0. The van der Waals surface area contributed by atoms with E-state index in [1.54, 1.807) is 24.5 Å². The molecule has 0 aliphatic rings. The molecule has 3 aromatic heterocycles. The highest BCUT2D eigenvalue weighted by Crippen LogP contribution is 2.34. The van der Waals surface area contributed by atoms with Gasteiger partial charge in [-0.15, -0.1) is 0 Å². The average Bonchev–Trinajstić information content (AvgIpc) is 3.10. The maximum atomic E-state index is 12.8. The zero-order valence-electron chi connectivity index (χ0n) is 14.3. The molecule has 1 unspecified atom stereocenters. The molecule has 0 spiro atoms. The predicted molar refractivity (Wildman–Crippen MR) is 93.0 cm³/mol. The van der Waals surface area contributed by atoms with Crippen LogP contribution in [0.5, 0.6) is 0 Å². The highest BCUT2D eigenvalue weighted by molar-refractivity contribution is 6.33. The van der Waals surface area contributed by atoms with Crippen molar-refractivity contribution >= 4 is 17.4 Å². The summed E-state index contributed by atoms with van der Waals surface area (Å²) in [5.74, 6) is 0.690. The summed E-state index contributed by atoms with van der Waals surface area (Å²) in [6.07, 6.45) is -0.569. The van der Waals surface area contributed by atoms with E-state index in [9.17, 15) is 13.2 Å². The van der Waals surface area contributed by atoms with Crippen molar-refractivity contribution in [3.63, 3.8) is 0 Å². The molecular weight excluding hydrogens is 383 g/mol. The Kier molecular flexibility index (Phi) is 5.31. The zero-order chi connectivity index (χ0) is 19.6. The topological polar surface area (TPSA) is 76.7 Å². The SMILES string of the molecule is CC(C)C(Nc1ncc(C(F)(F)F)cc1Cl)c1nc(-c2cccnc2)no1. The molecule has 1 N–H and O–H groups in total. The summed E-state index contributed by atoms with van der Waals surface area (Å²) >= 11 is 5.97. The molecule has 3 rings (SSSR count). The third kappa shape index (κ3) is 4.36. The Balaban J connectivity index is 1.86. The third-order valence-electron chi connectivity index (χ3n) is 3.75. The van der Waals surface area contributed by atoms with Gasteiger partial charge in [-0.05, 0) is 24.1 Å². The Hall–Kier alpha value is -2.68. The van der Waals surface area contributed by atoms with Gasteiger partial charge in [-0.3, -0.25) is 4.98 Å². The van der Waals surface area contributed by atoms with Gasteiger partial charge in [0.1, 0.15) is 11.9 Å². The van der Waals surface area contributed by atoms with Gasteiger partial charge in [-0.25, -0.2) is 4.98 Å². The molecule has 10 heteroatoms. The molecule has 0 saturated carbocycles. The van der Waals surface area contributed by atoms with Crippen LogP contribution in [0, 0.1) is 5.92 Å². The van der Waals surface area contributed by atoms with Crippen molar-refractivity contribution in [2.45, 2.75) is 26.1 Å². The van der Waals surface area contributed by atoms with E-state index < -0.39 is 17.8 Å². The van der Waals surface area contributed by atoms with E-state index in [0.29, 0.717) is 11.4 Å². The molecule has 3 heterocycles. The van der Waals surface area contributed by atoms with E-state index in [-0.39, 0.29) is 22.6 Å². The van der Waals surface area contributed by atoms with Crippen LogP contribution in [0.1, 0.15) is 31.3 Å². The second-order valence-corrected chi connectivity index (χ2v) is 6.52. The number of rotatable bonds is 5. The molecule has 6 nitrogen and oxygen atoms in total. The standard InChI is InChI=1S/C17H15ClF3N5O/c1-9(2)13(16-25-14(26-27-16)10-4-3-5-22-7-10)24-15-12(18)6-11(8-23-15)17(19,20)21/h3-9,13H,1-2H3,(H,23,24). The quantitative estimate of drug-likeness (QED) is 0.652. The van der Waals surface area contributed by atoms with E-state index in [1.165, 1.54) is 0 Å². The van der Waals surface area contributed by atoms with Crippen LogP contribution >= 0.6 is 11.6 Å². The van der Waals surface area contributed by atoms with Crippen molar-refractivity contribution in [3.8, 4) is 11.4 Å². The first-order valence-electron chi connectivity index (χ1n) is 7.99. The molecule has 0 aliphatic carbocycles. The number of halogens is 4. The lowest BCUT2D eigenvalue weighted by Gasteiger charge is -2.20. The molecule has 0 aromatic carbocycles. The zero-order valence-corrected chi connectivity index (χ0v) is 15.1. The highest BCUT2D eigenvalue weighted by Gasteiger charge is 2.32. The summed E-state index contributed by atoms with van der Waals surface area (Å²) in [5.41, 5.74) is -0.239. The molecule has 1 atom stereocenters. The third-order valence-corrected chi connectivity index (χ3v) is 4.04. The second-order valence-electron chi connectivity index (χ2n) is 6.12. The summed E-state index contributed by atoms with van der Waals surface area (Å²) in [4.78, 5) is 12.1. The lowest BCUT2D eigenvalue weighted by molar-refractivity contribution is -0.137. The van der Waals surface area contributed by atoms with Gasteiger partial charge in [0.05, 0.1) is 10.6 Å². The van der Waals surface area contributed by atoms with E-state index in [4.69, 9.17) is 16.1 Å². The number of alkyl halides is 3. The first-order chi connectivity index (χ1) is 12.8. The maximum absolute atomic E-state index is 12.8. The second kappa shape index (κ2) is 7.51. The fourth-order valence-corrected chi connectivity index (χ4v) is 2.55. The minimum Gasteiger partial charge on any atom is -0.357 e. The summed E-state index contributed by atoms with van der Waals surface area (Å²) < 4.78 is 43.6. The molecular formula is C17H15ClF3N5O. The lowest BCUT2D eigenvalue weighted by Crippen LogP contribution is -2.18. The van der Waals surface area contributed by atoms with Gasteiger partial charge >= 0.3 is 6.18 Å². The Morgan fingerprint density at radius 3 is 2.59 bits per heavy atom. The molecule has 0 aliphatic heterocycles. The van der Waals surface area contributed by atoms with Crippen molar-refractivity contribution in [3.05, 3.63) is 53.3 Å². The van der Waals surface area contributed by atoms with E-state index in [2.05, 4.69) is 25.4 Å². The fourth-order valence-electron chi connectivity index (χ4n) is 2.33. The van der Waals surface area contributed by atoms with Gasteiger partial charge in [-0.2, -0.15) is 18.2 Å². The van der Waals surface area contributed by atoms with Crippen LogP contribution in [0.25, 0.3) is 11.4 Å². The van der Waals surface area contributed by atoms with Crippen molar-refractivity contribution in [2.24, 2.45) is 5.92 Å². The maximum Gasteiger partial charge on any atom is 0.417 e. The van der Waals surface area contributed by atoms with Gasteiger partial charge in [0, 0.05) is 24.2 Å². The van der Waals surface area contributed by atoms with Crippen LogP contribution in [0.2, 0.25) is 5.02 Å². The Bertz CT molecular complexity index is 914. The molecule has 27 heavy (non-hydrogen) atoms. The Morgan fingerprint density at radius 1 is 1.22 bits per heavy atom. The average molecular weight is 398 g/mol. The smallest absolute Gasteiger partial charge is 0.357 e. The normalized spacial score (nSPS) is 13.0. The number of hydrogen-bond acceptors (Lipinski definition) is 6. The first kappa shape index (κ1) is 19.1. The largest absolute Gasteiger partial charge is 0.417 e. The van der Waals surface area contributed by atoms with Crippen molar-refractivity contribution < 1.29 is 17.7 Å². The van der Waals surface area contributed by atoms with Crippen molar-refractivity contribution in [1.82, 2.24) is 20.1 Å². The van der Waals surface area contributed by atoms with Crippen LogP contribution in [0.3, 0.4) is 0 Å². The number of pyridine rings is 2. The molecule has 3 aromatic rings. The van der Waals surface area contributed by atoms with E-state index in [1.807, 2.05) is 13.8 Å². The summed E-state index contributed by atoms with van der Waals surface area (Å²) in [6.45, 7) is 3.78. The van der Waals surface area contributed by atoms with Crippen LogP contribution in [0.4, 0.5) is 19.0 Å². The number of nitrogens with one attached hydrogen (secondary N) is 1. The van der Waals surface area contributed by atoms with Gasteiger partial charge < -0.3 is 9.84 Å². The van der Waals surface area contributed by atoms with Crippen molar-refractivity contribution in [1.29, 1.82) is 0 Å². The van der Waals surface area contributed by atoms with Crippen molar-refractivity contribution in [2.75, 3.05) is 5.32 Å².